The molecule has 1 unspecified atom stereocenters. The monoisotopic (exact) mass is 286 g/mol. The van der Waals surface area contributed by atoms with E-state index < -0.39 is 5.97 Å². The number of likely N-dealkylation sites (N-methyl/N-ethyl adjacent to an activating group) is 1. The first-order valence-corrected chi connectivity index (χ1v) is 7.28. The van der Waals surface area contributed by atoms with E-state index in [-0.39, 0.29) is 24.1 Å². The Balaban J connectivity index is 2.40. The number of rotatable bonds is 6. The van der Waals surface area contributed by atoms with E-state index in [1.807, 2.05) is 13.8 Å². The third-order valence-electron chi connectivity index (χ3n) is 3.95. The Labute approximate surface area is 120 Å². The number of carboxylic acids is 1. The fourth-order valence-corrected chi connectivity index (χ4v) is 2.49. The number of nitrogens with one attached hydrogen (secondary N) is 1. The van der Waals surface area contributed by atoms with Gasteiger partial charge in [0.05, 0.1) is 12.0 Å². The maximum absolute atomic E-state index is 12.2. The van der Waals surface area contributed by atoms with E-state index in [0.29, 0.717) is 25.9 Å². The molecule has 0 aromatic rings. The van der Waals surface area contributed by atoms with Crippen molar-refractivity contribution in [2.24, 2.45) is 5.92 Å². The van der Waals surface area contributed by atoms with Crippen LogP contribution in [0.2, 0.25) is 0 Å². The van der Waals surface area contributed by atoms with Crippen molar-refractivity contribution < 1.29 is 19.4 Å². The smallest absolute Gasteiger partial charge is 0.317 e. The summed E-state index contributed by atoms with van der Waals surface area (Å²) in [4.78, 5) is 24.8. The van der Waals surface area contributed by atoms with Gasteiger partial charge in [-0.05, 0) is 39.5 Å². The molecule has 1 atom stereocenters. The zero-order valence-electron chi connectivity index (χ0n) is 12.6. The quantitative estimate of drug-likeness (QED) is 0.779. The van der Waals surface area contributed by atoms with Gasteiger partial charge in [-0.2, -0.15) is 0 Å². The second kappa shape index (κ2) is 8.09. The Morgan fingerprint density at radius 2 is 1.95 bits per heavy atom. The molecule has 1 fully saturated rings. The van der Waals surface area contributed by atoms with Crippen molar-refractivity contribution in [1.29, 1.82) is 0 Å². The molecular weight excluding hydrogens is 260 g/mol. The van der Waals surface area contributed by atoms with Crippen LogP contribution in [0.5, 0.6) is 0 Å². The molecule has 2 amide bonds. The van der Waals surface area contributed by atoms with Crippen LogP contribution in [0.3, 0.4) is 0 Å². The van der Waals surface area contributed by atoms with Gasteiger partial charge in [0.1, 0.15) is 0 Å². The summed E-state index contributed by atoms with van der Waals surface area (Å²) < 4.78 is 5.18. The van der Waals surface area contributed by atoms with E-state index in [1.54, 1.807) is 12.0 Å². The summed E-state index contributed by atoms with van der Waals surface area (Å²) in [5.74, 6) is -0.974. The summed E-state index contributed by atoms with van der Waals surface area (Å²) >= 11 is 0. The van der Waals surface area contributed by atoms with Gasteiger partial charge in [0.15, 0.2) is 0 Å². The fraction of sp³-hybridized carbons (Fsp3) is 0.857. The van der Waals surface area contributed by atoms with Crippen LogP contribution in [0.15, 0.2) is 0 Å². The number of urea groups is 1. The van der Waals surface area contributed by atoms with Gasteiger partial charge in [-0.1, -0.05) is 0 Å². The summed E-state index contributed by atoms with van der Waals surface area (Å²) in [6.45, 7) is 5.05. The largest absolute Gasteiger partial charge is 0.481 e. The lowest BCUT2D eigenvalue weighted by Gasteiger charge is -2.30. The minimum atomic E-state index is -0.723. The molecule has 6 nitrogen and oxygen atoms in total. The van der Waals surface area contributed by atoms with Gasteiger partial charge >= 0.3 is 12.0 Å². The van der Waals surface area contributed by atoms with Crippen molar-refractivity contribution in [2.45, 2.75) is 51.7 Å². The molecule has 0 aliphatic heterocycles. The van der Waals surface area contributed by atoms with Gasteiger partial charge < -0.3 is 20.1 Å². The van der Waals surface area contributed by atoms with Crippen LogP contribution in [-0.2, 0) is 9.53 Å². The maximum Gasteiger partial charge on any atom is 0.317 e. The van der Waals surface area contributed by atoms with Crippen LogP contribution in [-0.4, -0.2) is 54.4 Å². The molecular formula is C14H26N2O4. The van der Waals surface area contributed by atoms with Crippen molar-refractivity contribution in [3.8, 4) is 0 Å². The highest BCUT2D eigenvalue weighted by Crippen LogP contribution is 2.24. The van der Waals surface area contributed by atoms with E-state index in [9.17, 15) is 9.59 Å². The topological polar surface area (TPSA) is 78.9 Å². The van der Waals surface area contributed by atoms with Gasteiger partial charge in [-0.25, -0.2) is 4.79 Å². The molecule has 2 N–H and O–H groups in total. The maximum atomic E-state index is 12.2. The average Bonchev–Trinajstić information content (AvgIpc) is 2.44. The number of aliphatic carboxylic acids is 1. The molecule has 1 aliphatic carbocycles. The zero-order valence-corrected chi connectivity index (χ0v) is 12.6. The second-order valence-corrected chi connectivity index (χ2v) is 5.42. The van der Waals surface area contributed by atoms with E-state index in [4.69, 9.17) is 9.84 Å². The highest BCUT2D eigenvalue weighted by molar-refractivity contribution is 5.74. The minimum absolute atomic E-state index is 0.00319. The number of hydrogen-bond donors (Lipinski definition) is 2. The highest BCUT2D eigenvalue weighted by Gasteiger charge is 2.27. The molecule has 0 aromatic carbocycles. The highest BCUT2D eigenvalue weighted by atomic mass is 16.5. The summed E-state index contributed by atoms with van der Waals surface area (Å²) in [6, 6.07) is 0.000163. The van der Waals surface area contributed by atoms with Crippen molar-refractivity contribution in [3.05, 3.63) is 0 Å². The number of carboxylic acid groups (broad SMARTS) is 1. The van der Waals surface area contributed by atoms with E-state index in [0.717, 1.165) is 12.8 Å². The molecule has 1 rings (SSSR count). The van der Waals surface area contributed by atoms with Crippen LogP contribution < -0.4 is 5.32 Å². The van der Waals surface area contributed by atoms with Crippen LogP contribution in [0, 0.1) is 5.92 Å². The number of nitrogens with zero attached hydrogens (tertiary/aromatic N) is 1. The number of carbonyl (C=O) groups is 2. The lowest BCUT2D eigenvalue weighted by molar-refractivity contribution is -0.142. The molecule has 0 saturated heterocycles. The van der Waals surface area contributed by atoms with Gasteiger partial charge in [0.2, 0.25) is 0 Å². The lowest BCUT2D eigenvalue weighted by atomic mass is 9.86. The van der Waals surface area contributed by atoms with Crippen molar-refractivity contribution >= 4 is 12.0 Å². The number of amides is 2. The Morgan fingerprint density at radius 1 is 1.35 bits per heavy atom. The molecule has 0 radical (unpaired) electrons. The van der Waals surface area contributed by atoms with Gasteiger partial charge in [0.25, 0.3) is 0 Å². The molecule has 116 valence electrons. The summed E-state index contributed by atoms with van der Waals surface area (Å²) in [6.07, 6.45) is 2.76. The van der Waals surface area contributed by atoms with Gasteiger partial charge in [-0.3, -0.25) is 4.79 Å². The Morgan fingerprint density at radius 3 is 2.40 bits per heavy atom. The number of carbonyl (C=O) groups excluding carboxylic acids is 1. The molecule has 20 heavy (non-hydrogen) atoms. The first-order valence-electron chi connectivity index (χ1n) is 7.28. The van der Waals surface area contributed by atoms with Crippen molar-refractivity contribution in [1.82, 2.24) is 10.2 Å². The zero-order chi connectivity index (χ0) is 15.1. The second-order valence-electron chi connectivity index (χ2n) is 5.42. The van der Waals surface area contributed by atoms with Crippen molar-refractivity contribution in [2.75, 3.05) is 20.2 Å². The summed E-state index contributed by atoms with van der Waals surface area (Å²) in [7, 11) is 1.63. The van der Waals surface area contributed by atoms with Crippen LogP contribution in [0.4, 0.5) is 4.79 Å². The Bertz CT molecular complexity index is 327. The number of ether oxygens (including phenoxy) is 1. The minimum Gasteiger partial charge on any atom is -0.481 e. The molecule has 0 heterocycles. The third-order valence-corrected chi connectivity index (χ3v) is 3.95. The average molecular weight is 286 g/mol. The summed E-state index contributed by atoms with van der Waals surface area (Å²) in [5, 5.41) is 11.9. The van der Waals surface area contributed by atoms with E-state index in [2.05, 4.69) is 5.32 Å². The standard InChI is InChI=1S/C14H26N2O4/c1-4-16(9-10(2)20-3)14(19)15-12-7-5-11(6-8-12)13(17)18/h10-12H,4-9H2,1-3H3,(H,15,19)(H,17,18). The number of methoxy groups -OCH3 is 1. The molecule has 0 aromatic heterocycles. The fourth-order valence-electron chi connectivity index (χ4n) is 2.49. The first-order chi connectivity index (χ1) is 9.47. The summed E-state index contributed by atoms with van der Waals surface area (Å²) in [5.41, 5.74) is 0. The Hall–Kier alpha value is -1.30. The lowest BCUT2D eigenvalue weighted by Crippen LogP contribution is -2.48. The predicted octanol–water partition coefficient (Wildman–Crippen LogP) is 1.70. The van der Waals surface area contributed by atoms with Gasteiger partial charge in [0, 0.05) is 26.2 Å². The molecule has 0 spiro atoms. The molecule has 6 heteroatoms. The first kappa shape index (κ1) is 16.8. The van der Waals surface area contributed by atoms with Crippen LogP contribution in [0.1, 0.15) is 39.5 Å². The predicted molar refractivity (Wildman–Crippen MR) is 75.6 cm³/mol. The third kappa shape index (κ3) is 5.00. The normalized spacial score (nSPS) is 23.9. The number of hydrogen-bond acceptors (Lipinski definition) is 3. The van der Waals surface area contributed by atoms with Crippen molar-refractivity contribution in [3.63, 3.8) is 0 Å². The van der Waals surface area contributed by atoms with Crippen LogP contribution >= 0.6 is 0 Å². The molecule has 1 saturated carbocycles. The van der Waals surface area contributed by atoms with E-state index >= 15 is 0 Å². The molecule has 0 bridgehead atoms. The van der Waals surface area contributed by atoms with Gasteiger partial charge in [-0.15, -0.1) is 0 Å². The SMILES string of the molecule is CCN(CC(C)OC)C(=O)NC1CCC(C(=O)O)CC1. The van der Waals surface area contributed by atoms with Crippen LogP contribution in [0.25, 0.3) is 0 Å². The van der Waals surface area contributed by atoms with E-state index in [1.165, 1.54) is 0 Å². The molecule has 1 aliphatic rings. The Kier molecular flexibility index (Phi) is 6.78.